The van der Waals surface area contributed by atoms with Gasteiger partial charge in [-0.2, -0.15) is 0 Å². The Morgan fingerprint density at radius 2 is 1.64 bits per heavy atom. The first-order valence-corrected chi connectivity index (χ1v) is 4.14. The maximum Gasteiger partial charge on any atom is 0.101 e. The van der Waals surface area contributed by atoms with E-state index in [2.05, 4.69) is 30.7 Å². The smallest absolute Gasteiger partial charge is 0.101 e. The molecule has 0 aliphatic heterocycles. The van der Waals surface area contributed by atoms with Crippen molar-refractivity contribution in [3.05, 3.63) is 0 Å². The molecule has 0 fully saturated rings. The molecule has 2 nitrogen and oxygen atoms in total. The summed E-state index contributed by atoms with van der Waals surface area (Å²) < 4.78 is 0. The van der Waals surface area contributed by atoms with E-state index in [1.165, 1.54) is 5.84 Å². The first-order valence-electron chi connectivity index (χ1n) is 4.14. The zero-order chi connectivity index (χ0) is 9.02. The van der Waals surface area contributed by atoms with Gasteiger partial charge in [0, 0.05) is 27.1 Å². The first kappa shape index (κ1) is 10.5. The molecule has 1 unspecified atom stereocenters. The fraction of sp³-hybridized carbons (Fsp3) is 0.889. The van der Waals surface area contributed by atoms with Crippen molar-refractivity contribution < 1.29 is 0 Å². The fourth-order valence-corrected chi connectivity index (χ4v) is 1.11. The van der Waals surface area contributed by atoms with Crippen LogP contribution in [0.15, 0.2) is 4.99 Å². The Balaban J connectivity index is 4.28. The van der Waals surface area contributed by atoms with Gasteiger partial charge in [0.05, 0.1) is 0 Å². The third-order valence-corrected chi connectivity index (χ3v) is 2.09. The maximum atomic E-state index is 4.25. The summed E-state index contributed by atoms with van der Waals surface area (Å²) in [7, 11) is 5.94. The largest absolute Gasteiger partial charge is 0.366 e. The number of nitrogens with zero attached hydrogens (tertiary/aromatic N) is 2. The lowest BCUT2D eigenvalue weighted by molar-refractivity contribution is 0.469. The lowest BCUT2D eigenvalue weighted by atomic mass is 9.96. The van der Waals surface area contributed by atoms with Crippen molar-refractivity contribution in [2.75, 3.05) is 21.1 Å². The predicted molar refractivity (Wildman–Crippen MR) is 51.0 cm³/mol. The second-order valence-corrected chi connectivity index (χ2v) is 3.51. The van der Waals surface area contributed by atoms with Gasteiger partial charge in [0.1, 0.15) is 5.84 Å². The van der Waals surface area contributed by atoms with Crippen LogP contribution in [0.3, 0.4) is 0 Å². The fourth-order valence-electron chi connectivity index (χ4n) is 1.11. The molecule has 0 heterocycles. The summed E-state index contributed by atoms with van der Waals surface area (Å²) in [5.74, 6) is 2.39. The summed E-state index contributed by atoms with van der Waals surface area (Å²) in [6.07, 6.45) is 0. The van der Waals surface area contributed by atoms with Crippen molar-refractivity contribution in [2.24, 2.45) is 16.8 Å². The molecule has 1 atom stereocenters. The molecule has 0 radical (unpaired) electrons. The van der Waals surface area contributed by atoms with Gasteiger partial charge in [-0.3, -0.25) is 4.99 Å². The van der Waals surface area contributed by atoms with Crippen molar-refractivity contribution in [1.29, 1.82) is 0 Å². The Kier molecular flexibility index (Phi) is 4.16. The van der Waals surface area contributed by atoms with Crippen molar-refractivity contribution in [1.82, 2.24) is 4.90 Å². The molecule has 0 aromatic rings. The molecule has 0 spiro atoms. The van der Waals surface area contributed by atoms with Gasteiger partial charge in [0.25, 0.3) is 0 Å². The molecular weight excluding hydrogens is 136 g/mol. The molecule has 2 heteroatoms. The van der Waals surface area contributed by atoms with Crippen LogP contribution >= 0.6 is 0 Å². The zero-order valence-corrected chi connectivity index (χ0v) is 8.55. The van der Waals surface area contributed by atoms with E-state index in [4.69, 9.17) is 0 Å². The normalized spacial score (nSPS) is 15.4. The summed E-state index contributed by atoms with van der Waals surface area (Å²) in [4.78, 5) is 6.34. The second kappa shape index (κ2) is 4.37. The zero-order valence-electron chi connectivity index (χ0n) is 8.55. The lowest BCUT2D eigenvalue weighted by Crippen LogP contribution is -2.31. The molecule has 0 aliphatic carbocycles. The summed E-state index contributed by atoms with van der Waals surface area (Å²) in [5.41, 5.74) is 0. The average molecular weight is 156 g/mol. The molecule has 0 amide bonds. The van der Waals surface area contributed by atoms with E-state index in [1.54, 1.807) is 0 Å². The van der Waals surface area contributed by atoms with E-state index < -0.39 is 0 Å². The van der Waals surface area contributed by atoms with Crippen LogP contribution in [-0.2, 0) is 0 Å². The summed E-state index contributed by atoms with van der Waals surface area (Å²) >= 11 is 0. The molecule has 0 aromatic heterocycles. The Hall–Kier alpha value is -0.530. The van der Waals surface area contributed by atoms with Gasteiger partial charge < -0.3 is 4.90 Å². The minimum Gasteiger partial charge on any atom is -0.366 e. The molecule has 66 valence electrons. The standard InChI is InChI=1S/C9H20N2/c1-7(2)8(3)9(10-4)11(5)6/h7-8H,1-6H3. The van der Waals surface area contributed by atoms with Gasteiger partial charge in [0.2, 0.25) is 0 Å². The van der Waals surface area contributed by atoms with Crippen LogP contribution in [-0.4, -0.2) is 31.9 Å². The monoisotopic (exact) mass is 156 g/mol. The van der Waals surface area contributed by atoms with E-state index >= 15 is 0 Å². The highest BCUT2D eigenvalue weighted by atomic mass is 15.1. The molecule has 11 heavy (non-hydrogen) atoms. The highest BCUT2D eigenvalue weighted by molar-refractivity contribution is 5.83. The lowest BCUT2D eigenvalue weighted by Gasteiger charge is -2.24. The first-order chi connectivity index (χ1) is 5.00. The summed E-state index contributed by atoms with van der Waals surface area (Å²) in [5, 5.41) is 0. The minimum absolute atomic E-state index is 0.551. The molecule has 0 rings (SSSR count). The second-order valence-electron chi connectivity index (χ2n) is 3.51. The van der Waals surface area contributed by atoms with Crippen LogP contribution in [0, 0.1) is 11.8 Å². The van der Waals surface area contributed by atoms with Gasteiger partial charge in [-0.05, 0) is 5.92 Å². The van der Waals surface area contributed by atoms with E-state index in [0.717, 1.165) is 0 Å². The Bertz CT molecular complexity index is 136. The van der Waals surface area contributed by atoms with E-state index in [0.29, 0.717) is 11.8 Å². The van der Waals surface area contributed by atoms with Crippen molar-refractivity contribution >= 4 is 5.84 Å². The third kappa shape index (κ3) is 2.91. The van der Waals surface area contributed by atoms with Crippen LogP contribution < -0.4 is 0 Å². The van der Waals surface area contributed by atoms with Gasteiger partial charge in [-0.1, -0.05) is 20.8 Å². The van der Waals surface area contributed by atoms with Crippen LogP contribution in [0.25, 0.3) is 0 Å². The quantitative estimate of drug-likeness (QED) is 0.440. The molecule has 0 aliphatic rings. The maximum absolute atomic E-state index is 4.25. The molecule has 0 saturated heterocycles. The van der Waals surface area contributed by atoms with Gasteiger partial charge in [-0.15, -0.1) is 0 Å². The highest BCUT2D eigenvalue weighted by Crippen LogP contribution is 2.12. The van der Waals surface area contributed by atoms with Crippen LogP contribution in [0.1, 0.15) is 20.8 Å². The summed E-state index contributed by atoms with van der Waals surface area (Å²) in [6, 6.07) is 0. The Morgan fingerprint density at radius 1 is 1.18 bits per heavy atom. The molecule has 0 bridgehead atoms. The minimum atomic E-state index is 0.551. The SMILES string of the molecule is CN=C(C(C)C(C)C)N(C)C. The van der Waals surface area contributed by atoms with Gasteiger partial charge in [-0.25, -0.2) is 0 Å². The predicted octanol–water partition coefficient (Wildman–Crippen LogP) is 1.87. The van der Waals surface area contributed by atoms with E-state index in [-0.39, 0.29) is 0 Å². The van der Waals surface area contributed by atoms with Crippen LogP contribution in [0.5, 0.6) is 0 Å². The van der Waals surface area contributed by atoms with Crippen molar-refractivity contribution in [3.63, 3.8) is 0 Å². The number of aliphatic imine (C=N–C) groups is 1. The topological polar surface area (TPSA) is 15.6 Å². The Labute approximate surface area is 70.3 Å². The van der Waals surface area contributed by atoms with Crippen molar-refractivity contribution in [3.8, 4) is 0 Å². The number of rotatable bonds is 2. The molecule has 0 N–H and O–H groups in total. The number of hydrogen-bond acceptors (Lipinski definition) is 1. The van der Waals surface area contributed by atoms with E-state index in [1.807, 2.05) is 21.1 Å². The number of amidine groups is 1. The van der Waals surface area contributed by atoms with E-state index in [9.17, 15) is 0 Å². The molecule has 0 saturated carbocycles. The average Bonchev–Trinajstić information content (AvgIpc) is 1.88. The summed E-state index contributed by atoms with van der Waals surface area (Å²) in [6.45, 7) is 6.66. The molecular formula is C9H20N2. The van der Waals surface area contributed by atoms with Crippen LogP contribution in [0.2, 0.25) is 0 Å². The van der Waals surface area contributed by atoms with Crippen LogP contribution in [0.4, 0.5) is 0 Å². The van der Waals surface area contributed by atoms with Gasteiger partial charge >= 0.3 is 0 Å². The molecule has 0 aromatic carbocycles. The Morgan fingerprint density at radius 3 is 1.73 bits per heavy atom. The highest BCUT2D eigenvalue weighted by Gasteiger charge is 2.14. The van der Waals surface area contributed by atoms with Gasteiger partial charge in [0.15, 0.2) is 0 Å². The van der Waals surface area contributed by atoms with Crippen molar-refractivity contribution in [2.45, 2.75) is 20.8 Å². The number of hydrogen-bond donors (Lipinski definition) is 0. The third-order valence-electron chi connectivity index (χ3n) is 2.09.